The van der Waals surface area contributed by atoms with Crippen molar-refractivity contribution < 1.29 is 9.47 Å². The Balaban J connectivity index is 2.61. The zero-order valence-corrected chi connectivity index (χ0v) is 10.6. The highest BCUT2D eigenvalue weighted by molar-refractivity contribution is 5.71. The van der Waals surface area contributed by atoms with Crippen LogP contribution in [0.2, 0.25) is 0 Å². The molecule has 6 nitrogen and oxygen atoms in total. The van der Waals surface area contributed by atoms with Crippen LogP contribution in [-0.4, -0.2) is 23.9 Å². The molecule has 0 radical (unpaired) electrons. The maximum Gasteiger partial charge on any atom is 0.219 e. The summed E-state index contributed by atoms with van der Waals surface area (Å²) in [6, 6.07) is 3.75. The average Bonchev–Trinajstić information content (AvgIpc) is 2.69. The molecule has 0 aliphatic rings. The van der Waals surface area contributed by atoms with Crippen molar-refractivity contribution in [2.75, 3.05) is 25.8 Å². The molecule has 0 aliphatic carbocycles. The summed E-state index contributed by atoms with van der Waals surface area (Å²) in [5, 5.41) is 0. The fraction of sp³-hybridized carbons (Fsp3) is 0.250. The Morgan fingerprint density at radius 1 is 1.17 bits per heavy atom. The zero-order valence-electron chi connectivity index (χ0n) is 10.6. The highest BCUT2D eigenvalue weighted by Gasteiger charge is 2.14. The van der Waals surface area contributed by atoms with Crippen molar-refractivity contribution in [2.45, 2.75) is 6.92 Å². The van der Waals surface area contributed by atoms with E-state index in [-0.39, 0.29) is 5.95 Å². The summed E-state index contributed by atoms with van der Waals surface area (Å²) in [6.45, 7) is 1.95. The summed E-state index contributed by atoms with van der Waals surface area (Å²) < 4.78 is 11.9. The van der Waals surface area contributed by atoms with Gasteiger partial charge in [0.1, 0.15) is 11.5 Å². The second-order valence-electron chi connectivity index (χ2n) is 3.91. The van der Waals surface area contributed by atoms with Crippen LogP contribution in [0.15, 0.2) is 18.3 Å². The van der Waals surface area contributed by atoms with Gasteiger partial charge in [-0.3, -0.25) is 0 Å². The Labute approximate surface area is 105 Å². The fourth-order valence-electron chi connectivity index (χ4n) is 1.79. The second kappa shape index (κ2) is 4.48. The van der Waals surface area contributed by atoms with Gasteiger partial charge in [0.15, 0.2) is 0 Å². The predicted octanol–water partition coefficient (Wildman–Crippen LogP) is 1.17. The summed E-state index contributed by atoms with van der Waals surface area (Å²) in [4.78, 5) is 4.17. The quantitative estimate of drug-likeness (QED) is 0.796. The van der Waals surface area contributed by atoms with Gasteiger partial charge in [-0.1, -0.05) is 0 Å². The minimum absolute atomic E-state index is 0.242. The molecule has 0 spiro atoms. The standard InChI is InChI=1S/C12H16N4O2/c1-7-4-11(18-3)8(5-10(7)17-2)9-6-16(14)12(13)15-9/h4-6H,14H2,1-3H3,(H2,13,15). The second-order valence-corrected chi connectivity index (χ2v) is 3.91. The number of ether oxygens (including phenoxy) is 2. The van der Waals surface area contributed by atoms with Gasteiger partial charge in [0.25, 0.3) is 0 Å². The number of hydrogen-bond acceptors (Lipinski definition) is 5. The zero-order chi connectivity index (χ0) is 13.3. The molecule has 0 saturated heterocycles. The van der Waals surface area contributed by atoms with E-state index in [1.165, 1.54) is 4.68 Å². The van der Waals surface area contributed by atoms with E-state index < -0.39 is 0 Å². The third kappa shape index (κ3) is 1.92. The molecule has 0 bridgehead atoms. The van der Waals surface area contributed by atoms with Crippen LogP contribution in [-0.2, 0) is 0 Å². The molecule has 6 heteroatoms. The first-order chi connectivity index (χ1) is 8.56. The highest BCUT2D eigenvalue weighted by atomic mass is 16.5. The van der Waals surface area contributed by atoms with E-state index >= 15 is 0 Å². The van der Waals surface area contributed by atoms with Crippen molar-refractivity contribution in [1.82, 2.24) is 9.66 Å². The van der Waals surface area contributed by atoms with Crippen molar-refractivity contribution in [3.63, 3.8) is 0 Å². The number of benzene rings is 1. The molecule has 0 aliphatic heterocycles. The Morgan fingerprint density at radius 2 is 1.83 bits per heavy atom. The van der Waals surface area contributed by atoms with Gasteiger partial charge in [-0.25, -0.2) is 9.66 Å². The maximum atomic E-state index is 5.63. The SMILES string of the molecule is COc1cc(-c2cn(N)c(N)n2)c(OC)cc1C. The Morgan fingerprint density at radius 3 is 2.33 bits per heavy atom. The number of nitrogens with zero attached hydrogens (tertiary/aromatic N) is 2. The van der Waals surface area contributed by atoms with Crippen LogP contribution in [0.5, 0.6) is 11.5 Å². The molecule has 18 heavy (non-hydrogen) atoms. The largest absolute Gasteiger partial charge is 0.496 e. The third-order valence-electron chi connectivity index (χ3n) is 2.75. The van der Waals surface area contributed by atoms with Gasteiger partial charge in [-0.2, -0.15) is 0 Å². The van der Waals surface area contributed by atoms with Gasteiger partial charge in [-0.05, 0) is 24.6 Å². The van der Waals surface area contributed by atoms with Crippen LogP contribution >= 0.6 is 0 Å². The molecular formula is C12H16N4O2. The first-order valence-electron chi connectivity index (χ1n) is 5.39. The summed E-state index contributed by atoms with van der Waals surface area (Å²) in [5.41, 5.74) is 8.04. The summed E-state index contributed by atoms with van der Waals surface area (Å²) in [5.74, 6) is 7.33. The topological polar surface area (TPSA) is 88.3 Å². The lowest BCUT2D eigenvalue weighted by Crippen LogP contribution is -2.09. The summed E-state index contributed by atoms with van der Waals surface area (Å²) in [7, 11) is 3.22. The van der Waals surface area contributed by atoms with Gasteiger partial charge in [0, 0.05) is 5.56 Å². The molecular weight excluding hydrogens is 232 g/mol. The van der Waals surface area contributed by atoms with Gasteiger partial charge in [0.05, 0.1) is 26.1 Å². The van der Waals surface area contributed by atoms with E-state index in [9.17, 15) is 0 Å². The minimum Gasteiger partial charge on any atom is -0.496 e. The molecule has 4 N–H and O–H groups in total. The van der Waals surface area contributed by atoms with Gasteiger partial charge >= 0.3 is 0 Å². The molecule has 0 fully saturated rings. The number of nitrogens with two attached hydrogens (primary N) is 2. The maximum absolute atomic E-state index is 5.63. The molecule has 1 aromatic carbocycles. The smallest absolute Gasteiger partial charge is 0.219 e. The molecule has 0 saturated carbocycles. The van der Waals surface area contributed by atoms with E-state index in [1.54, 1.807) is 20.4 Å². The van der Waals surface area contributed by atoms with Crippen LogP contribution in [0.25, 0.3) is 11.3 Å². The summed E-state index contributed by atoms with van der Waals surface area (Å²) in [6.07, 6.45) is 1.64. The molecule has 96 valence electrons. The number of anilines is 1. The van der Waals surface area contributed by atoms with E-state index in [0.29, 0.717) is 11.4 Å². The van der Waals surface area contributed by atoms with Crippen molar-refractivity contribution in [3.05, 3.63) is 23.9 Å². The molecule has 0 amide bonds. The minimum atomic E-state index is 0.242. The van der Waals surface area contributed by atoms with Crippen LogP contribution in [0, 0.1) is 6.92 Å². The monoisotopic (exact) mass is 248 g/mol. The summed E-state index contributed by atoms with van der Waals surface area (Å²) >= 11 is 0. The average molecular weight is 248 g/mol. The first-order valence-corrected chi connectivity index (χ1v) is 5.39. The number of nitrogen functional groups attached to an aromatic ring is 2. The number of aryl methyl sites for hydroxylation is 1. The van der Waals surface area contributed by atoms with E-state index in [4.69, 9.17) is 21.1 Å². The number of hydrogen-bond donors (Lipinski definition) is 2. The van der Waals surface area contributed by atoms with Crippen LogP contribution in [0.4, 0.5) is 5.95 Å². The van der Waals surface area contributed by atoms with Crippen molar-refractivity contribution in [3.8, 4) is 22.8 Å². The Kier molecular flexibility index (Phi) is 3.01. The lowest BCUT2D eigenvalue weighted by atomic mass is 10.1. The van der Waals surface area contributed by atoms with E-state index in [0.717, 1.165) is 16.9 Å². The lowest BCUT2D eigenvalue weighted by molar-refractivity contribution is 0.401. The Bertz CT molecular complexity index is 558. The van der Waals surface area contributed by atoms with Gasteiger partial charge in [-0.15, -0.1) is 0 Å². The number of imidazole rings is 1. The first kappa shape index (κ1) is 12.1. The van der Waals surface area contributed by atoms with Crippen LogP contribution in [0.1, 0.15) is 5.56 Å². The molecule has 1 aromatic heterocycles. The molecule has 1 heterocycles. The normalized spacial score (nSPS) is 10.4. The van der Waals surface area contributed by atoms with Gasteiger partial charge < -0.3 is 21.1 Å². The molecule has 0 unspecified atom stereocenters. The van der Waals surface area contributed by atoms with E-state index in [2.05, 4.69) is 4.98 Å². The predicted molar refractivity (Wildman–Crippen MR) is 70.1 cm³/mol. The molecule has 2 aromatic rings. The van der Waals surface area contributed by atoms with Crippen LogP contribution in [0.3, 0.4) is 0 Å². The number of rotatable bonds is 3. The molecule has 2 rings (SSSR count). The van der Waals surface area contributed by atoms with Crippen molar-refractivity contribution >= 4 is 5.95 Å². The lowest BCUT2D eigenvalue weighted by Gasteiger charge is -2.11. The van der Waals surface area contributed by atoms with Crippen molar-refractivity contribution in [1.29, 1.82) is 0 Å². The van der Waals surface area contributed by atoms with Crippen molar-refractivity contribution in [2.24, 2.45) is 0 Å². The number of methoxy groups -OCH3 is 2. The third-order valence-corrected chi connectivity index (χ3v) is 2.75. The van der Waals surface area contributed by atoms with E-state index in [1.807, 2.05) is 19.1 Å². The molecule has 0 atom stereocenters. The highest BCUT2D eigenvalue weighted by Crippen LogP contribution is 2.35. The van der Waals surface area contributed by atoms with Gasteiger partial charge in [0.2, 0.25) is 5.95 Å². The Hall–Kier alpha value is -2.37. The van der Waals surface area contributed by atoms with Crippen LogP contribution < -0.4 is 21.1 Å². The fourth-order valence-corrected chi connectivity index (χ4v) is 1.79. The number of aromatic nitrogens is 2.